The molecule has 0 spiro atoms. The van der Waals surface area contributed by atoms with Gasteiger partial charge < -0.3 is 10.1 Å². The first kappa shape index (κ1) is 10.1. The highest BCUT2D eigenvalue weighted by Crippen LogP contribution is 2.23. The zero-order valence-corrected chi connectivity index (χ0v) is 9.27. The van der Waals surface area contributed by atoms with Crippen LogP contribution in [0.3, 0.4) is 0 Å². The van der Waals surface area contributed by atoms with Crippen LogP contribution >= 0.6 is 11.3 Å². The average Bonchev–Trinajstić information content (AvgIpc) is 2.77. The zero-order valence-electron chi connectivity index (χ0n) is 8.45. The Morgan fingerprint density at radius 2 is 2.64 bits per heavy atom. The lowest BCUT2D eigenvalue weighted by atomic mass is 10.0. The third kappa shape index (κ3) is 2.53. The van der Waals surface area contributed by atoms with E-state index in [1.54, 1.807) is 11.3 Å². The molecule has 1 aliphatic heterocycles. The molecule has 1 atom stereocenters. The minimum atomic E-state index is 0.0528. The molecule has 0 amide bonds. The van der Waals surface area contributed by atoms with Gasteiger partial charge in [0.1, 0.15) is 5.01 Å². The topological polar surface area (TPSA) is 34.2 Å². The molecule has 0 aromatic carbocycles. The van der Waals surface area contributed by atoms with Gasteiger partial charge in [-0.15, -0.1) is 11.3 Å². The molecule has 0 bridgehead atoms. The van der Waals surface area contributed by atoms with Crippen molar-refractivity contribution in [1.82, 2.24) is 10.3 Å². The highest BCUT2D eigenvalue weighted by atomic mass is 32.1. The lowest BCUT2D eigenvalue weighted by molar-refractivity contribution is 0.0207. The van der Waals surface area contributed by atoms with Crippen molar-refractivity contribution in [3.8, 4) is 0 Å². The normalized spacial score (nSPS) is 26.9. The number of ether oxygens (including phenoxy) is 1. The molecule has 1 aliphatic rings. The summed E-state index contributed by atoms with van der Waals surface area (Å²) in [5.74, 6) is 0. The van der Waals surface area contributed by atoms with Crippen molar-refractivity contribution >= 4 is 11.3 Å². The fourth-order valence-electron chi connectivity index (χ4n) is 1.75. The van der Waals surface area contributed by atoms with Crippen LogP contribution in [0, 0.1) is 0 Å². The maximum atomic E-state index is 5.68. The second kappa shape index (κ2) is 4.38. The lowest BCUT2D eigenvalue weighted by Gasteiger charge is -2.23. The SMILES string of the molecule is CC1(CNCc2nccs2)CCCO1. The van der Waals surface area contributed by atoms with Gasteiger partial charge in [0.2, 0.25) is 0 Å². The molecule has 1 fully saturated rings. The van der Waals surface area contributed by atoms with Crippen molar-refractivity contribution in [2.24, 2.45) is 0 Å². The maximum absolute atomic E-state index is 5.68. The molecule has 2 heterocycles. The van der Waals surface area contributed by atoms with Crippen molar-refractivity contribution in [3.05, 3.63) is 16.6 Å². The van der Waals surface area contributed by atoms with E-state index >= 15 is 0 Å². The standard InChI is InChI=1S/C10H16N2OS/c1-10(3-2-5-13-10)8-11-7-9-12-4-6-14-9/h4,6,11H,2-3,5,7-8H2,1H3. The van der Waals surface area contributed by atoms with Crippen molar-refractivity contribution in [3.63, 3.8) is 0 Å². The van der Waals surface area contributed by atoms with Gasteiger partial charge in [0.25, 0.3) is 0 Å². The van der Waals surface area contributed by atoms with Crippen LogP contribution in [0.25, 0.3) is 0 Å². The Balaban J connectivity index is 1.72. The predicted molar refractivity (Wildman–Crippen MR) is 57.4 cm³/mol. The largest absolute Gasteiger partial charge is 0.374 e. The Bertz CT molecular complexity index is 268. The van der Waals surface area contributed by atoms with Crippen LogP contribution in [-0.2, 0) is 11.3 Å². The fourth-order valence-corrected chi connectivity index (χ4v) is 2.34. The summed E-state index contributed by atoms with van der Waals surface area (Å²) < 4.78 is 5.68. The van der Waals surface area contributed by atoms with Crippen LogP contribution in [0.5, 0.6) is 0 Å². The Kier molecular flexibility index (Phi) is 3.15. The molecule has 14 heavy (non-hydrogen) atoms. The smallest absolute Gasteiger partial charge is 0.106 e. The monoisotopic (exact) mass is 212 g/mol. The van der Waals surface area contributed by atoms with Gasteiger partial charge in [-0.25, -0.2) is 4.98 Å². The molecule has 2 rings (SSSR count). The minimum absolute atomic E-state index is 0.0528. The molecule has 0 radical (unpaired) electrons. The summed E-state index contributed by atoms with van der Waals surface area (Å²) in [6, 6.07) is 0. The fraction of sp³-hybridized carbons (Fsp3) is 0.700. The molecule has 0 saturated carbocycles. The third-order valence-electron chi connectivity index (χ3n) is 2.56. The maximum Gasteiger partial charge on any atom is 0.106 e. The van der Waals surface area contributed by atoms with Crippen LogP contribution in [0.15, 0.2) is 11.6 Å². The Hall–Kier alpha value is -0.450. The van der Waals surface area contributed by atoms with E-state index in [0.717, 1.165) is 31.1 Å². The van der Waals surface area contributed by atoms with Gasteiger partial charge in [-0.3, -0.25) is 0 Å². The van der Waals surface area contributed by atoms with Gasteiger partial charge in [0.05, 0.1) is 5.60 Å². The van der Waals surface area contributed by atoms with Crippen molar-refractivity contribution in [2.75, 3.05) is 13.2 Å². The number of nitrogens with one attached hydrogen (secondary N) is 1. The quantitative estimate of drug-likeness (QED) is 0.826. The van der Waals surface area contributed by atoms with Crippen molar-refractivity contribution in [2.45, 2.75) is 31.9 Å². The Labute approximate surface area is 88.5 Å². The van der Waals surface area contributed by atoms with E-state index in [-0.39, 0.29) is 5.60 Å². The van der Waals surface area contributed by atoms with Gasteiger partial charge in [-0.2, -0.15) is 0 Å². The second-order valence-electron chi connectivity index (χ2n) is 3.93. The molecule has 3 nitrogen and oxygen atoms in total. The first-order valence-electron chi connectivity index (χ1n) is 5.02. The summed E-state index contributed by atoms with van der Waals surface area (Å²) in [6.45, 7) is 4.87. The first-order chi connectivity index (χ1) is 6.79. The number of aromatic nitrogens is 1. The van der Waals surface area contributed by atoms with Crippen molar-refractivity contribution in [1.29, 1.82) is 0 Å². The molecule has 1 aromatic rings. The van der Waals surface area contributed by atoms with E-state index in [1.807, 2.05) is 11.6 Å². The Morgan fingerprint density at radius 3 is 3.29 bits per heavy atom. The van der Waals surface area contributed by atoms with Crippen LogP contribution in [-0.4, -0.2) is 23.7 Å². The number of nitrogens with zero attached hydrogens (tertiary/aromatic N) is 1. The molecule has 1 unspecified atom stereocenters. The predicted octanol–water partition coefficient (Wildman–Crippen LogP) is 1.80. The lowest BCUT2D eigenvalue weighted by Crippen LogP contribution is -2.36. The van der Waals surface area contributed by atoms with E-state index in [1.165, 1.54) is 6.42 Å². The molecule has 78 valence electrons. The average molecular weight is 212 g/mol. The number of thiazole rings is 1. The van der Waals surface area contributed by atoms with Gasteiger partial charge >= 0.3 is 0 Å². The molecule has 0 aliphatic carbocycles. The highest BCUT2D eigenvalue weighted by molar-refractivity contribution is 7.09. The van der Waals surface area contributed by atoms with Gasteiger partial charge in [-0.05, 0) is 19.8 Å². The minimum Gasteiger partial charge on any atom is -0.374 e. The highest BCUT2D eigenvalue weighted by Gasteiger charge is 2.28. The molecule has 1 aromatic heterocycles. The number of rotatable bonds is 4. The van der Waals surface area contributed by atoms with Gasteiger partial charge in [0.15, 0.2) is 0 Å². The molecule has 1 saturated heterocycles. The summed E-state index contributed by atoms with van der Waals surface area (Å²) in [5, 5.41) is 6.54. The second-order valence-corrected chi connectivity index (χ2v) is 4.91. The van der Waals surface area contributed by atoms with E-state index in [2.05, 4.69) is 17.2 Å². The Morgan fingerprint density at radius 1 is 1.71 bits per heavy atom. The zero-order chi connectivity index (χ0) is 9.86. The van der Waals surface area contributed by atoms with E-state index in [0.29, 0.717) is 0 Å². The molecular formula is C10H16N2OS. The van der Waals surface area contributed by atoms with Gasteiger partial charge in [-0.1, -0.05) is 0 Å². The summed E-state index contributed by atoms with van der Waals surface area (Å²) >= 11 is 1.69. The van der Waals surface area contributed by atoms with Crippen LogP contribution in [0.2, 0.25) is 0 Å². The van der Waals surface area contributed by atoms with Crippen molar-refractivity contribution < 1.29 is 4.74 Å². The summed E-state index contributed by atoms with van der Waals surface area (Å²) in [6.07, 6.45) is 4.20. The van der Waals surface area contributed by atoms with Crippen LogP contribution < -0.4 is 5.32 Å². The van der Waals surface area contributed by atoms with Gasteiger partial charge in [0, 0.05) is 31.3 Å². The molecule has 1 N–H and O–H groups in total. The molecule has 4 heteroatoms. The summed E-state index contributed by atoms with van der Waals surface area (Å²) in [5.41, 5.74) is 0.0528. The summed E-state index contributed by atoms with van der Waals surface area (Å²) in [7, 11) is 0. The van der Waals surface area contributed by atoms with Crippen LogP contribution in [0.1, 0.15) is 24.8 Å². The van der Waals surface area contributed by atoms with E-state index < -0.39 is 0 Å². The summed E-state index contributed by atoms with van der Waals surface area (Å²) in [4.78, 5) is 4.22. The number of hydrogen-bond acceptors (Lipinski definition) is 4. The van der Waals surface area contributed by atoms with E-state index in [4.69, 9.17) is 4.74 Å². The first-order valence-corrected chi connectivity index (χ1v) is 5.90. The number of hydrogen-bond donors (Lipinski definition) is 1. The van der Waals surface area contributed by atoms with E-state index in [9.17, 15) is 0 Å². The van der Waals surface area contributed by atoms with Crippen LogP contribution in [0.4, 0.5) is 0 Å². The molecular weight excluding hydrogens is 196 g/mol. The third-order valence-corrected chi connectivity index (χ3v) is 3.34.